The van der Waals surface area contributed by atoms with Gasteiger partial charge in [0.15, 0.2) is 5.13 Å². The van der Waals surface area contributed by atoms with E-state index in [1.54, 1.807) is 11.0 Å². The predicted molar refractivity (Wildman–Crippen MR) is 118 cm³/mol. The van der Waals surface area contributed by atoms with E-state index < -0.39 is 0 Å². The molecule has 0 unspecified atom stereocenters. The first-order valence-corrected chi connectivity index (χ1v) is 11.3. The molecule has 1 aliphatic rings. The third-order valence-electron chi connectivity index (χ3n) is 4.72. The summed E-state index contributed by atoms with van der Waals surface area (Å²) < 4.78 is 7.39. The number of morpholine rings is 1. The van der Waals surface area contributed by atoms with Crippen LogP contribution < -0.4 is 4.90 Å². The molecule has 0 atom stereocenters. The van der Waals surface area contributed by atoms with Gasteiger partial charge in [-0.15, -0.1) is 11.3 Å². The van der Waals surface area contributed by atoms with Gasteiger partial charge in [-0.25, -0.2) is 4.98 Å². The van der Waals surface area contributed by atoms with Crippen molar-refractivity contribution in [1.82, 2.24) is 9.88 Å². The average Bonchev–Trinajstić information content (AvgIpc) is 3.26. The Kier molecular flexibility index (Phi) is 6.20. The number of fused-ring (bicyclic) bond motifs is 1. The summed E-state index contributed by atoms with van der Waals surface area (Å²) in [6.07, 6.45) is 0. The number of hydrogen-bond acceptors (Lipinski definition) is 6. The van der Waals surface area contributed by atoms with Crippen LogP contribution in [-0.2, 0) is 4.74 Å². The fourth-order valence-corrected chi connectivity index (χ4v) is 5.69. The molecule has 0 N–H and O–H groups in total. The number of aromatic nitrogens is 1. The topological polar surface area (TPSA) is 45.7 Å². The molecule has 0 saturated carbocycles. The van der Waals surface area contributed by atoms with Gasteiger partial charge in [-0.05, 0) is 24.6 Å². The van der Waals surface area contributed by atoms with Gasteiger partial charge in [-0.3, -0.25) is 14.6 Å². The van der Waals surface area contributed by atoms with Crippen LogP contribution in [0.25, 0.3) is 10.2 Å². The molecule has 9 heteroatoms. The number of aryl methyl sites for hydroxylation is 1. The third kappa shape index (κ3) is 4.20. The van der Waals surface area contributed by atoms with Crippen molar-refractivity contribution in [3.05, 3.63) is 44.1 Å². The van der Waals surface area contributed by atoms with E-state index in [-0.39, 0.29) is 5.91 Å². The molecule has 1 amide bonds. The quantitative estimate of drug-likeness (QED) is 0.545. The molecule has 2 aromatic heterocycles. The van der Waals surface area contributed by atoms with Gasteiger partial charge in [0.1, 0.15) is 4.34 Å². The number of amides is 1. The van der Waals surface area contributed by atoms with Crippen molar-refractivity contribution in [3.63, 3.8) is 0 Å². The number of anilines is 1. The van der Waals surface area contributed by atoms with E-state index in [0.29, 0.717) is 25.9 Å². The maximum absolute atomic E-state index is 13.3. The molecule has 0 bridgehead atoms. The number of benzene rings is 1. The molecule has 0 aliphatic carbocycles. The molecule has 1 aliphatic heterocycles. The number of hydrogen-bond donors (Lipinski definition) is 0. The lowest BCUT2D eigenvalue weighted by atomic mass is 10.2. The molecule has 0 radical (unpaired) electrons. The highest BCUT2D eigenvalue weighted by Gasteiger charge is 2.26. The van der Waals surface area contributed by atoms with Crippen molar-refractivity contribution in [3.8, 4) is 0 Å². The molecule has 3 aromatic rings. The largest absolute Gasteiger partial charge is 0.379 e. The molecular formula is C19H19Cl2N3O2S2. The number of halogens is 2. The Hall–Kier alpha value is -1.22. The Morgan fingerprint density at radius 2 is 2.07 bits per heavy atom. The molecule has 1 aromatic carbocycles. The first kappa shape index (κ1) is 20.1. The van der Waals surface area contributed by atoms with E-state index in [1.807, 2.05) is 25.1 Å². The van der Waals surface area contributed by atoms with Crippen molar-refractivity contribution in [2.45, 2.75) is 6.92 Å². The second kappa shape index (κ2) is 8.65. The van der Waals surface area contributed by atoms with Gasteiger partial charge in [0.2, 0.25) is 0 Å². The zero-order chi connectivity index (χ0) is 19.7. The van der Waals surface area contributed by atoms with Gasteiger partial charge in [-0.2, -0.15) is 0 Å². The predicted octanol–water partition coefficient (Wildman–Crippen LogP) is 4.95. The van der Waals surface area contributed by atoms with Crippen LogP contribution in [0.3, 0.4) is 0 Å². The van der Waals surface area contributed by atoms with Crippen molar-refractivity contribution in [2.75, 3.05) is 44.3 Å². The van der Waals surface area contributed by atoms with Crippen molar-refractivity contribution in [2.24, 2.45) is 0 Å². The maximum atomic E-state index is 13.3. The highest BCUT2D eigenvalue weighted by atomic mass is 35.5. The number of nitrogens with zero attached hydrogens (tertiary/aromatic N) is 3. The molecular weight excluding hydrogens is 437 g/mol. The van der Waals surface area contributed by atoms with E-state index in [4.69, 9.17) is 32.9 Å². The number of para-hydroxylation sites is 1. The van der Waals surface area contributed by atoms with E-state index >= 15 is 0 Å². The molecule has 1 saturated heterocycles. The Morgan fingerprint density at radius 3 is 2.75 bits per heavy atom. The molecule has 1 fully saturated rings. The normalized spacial score (nSPS) is 15.2. The summed E-state index contributed by atoms with van der Waals surface area (Å²) in [6, 6.07) is 7.70. The molecule has 28 heavy (non-hydrogen) atoms. The van der Waals surface area contributed by atoms with Gasteiger partial charge in [0, 0.05) is 26.2 Å². The number of rotatable bonds is 5. The Balaban J connectivity index is 1.66. The number of carbonyl (C=O) groups excluding carboxylic acids is 1. The van der Waals surface area contributed by atoms with Crippen LogP contribution in [0.4, 0.5) is 5.13 Å². The van der Waals surface area contributed by atoms with Crippen LogP contribution in [0.5, 0.6) is 0 Å². The number of carbonyl (C=O) groups is 1. The second-order valence-electron chi connectivity index (χ2n) is 6.57. The van der Waals surface area contributed by atoms with Gasteiger partial charge in [0.05, 0.1) is 33.3 Å². The zero-order valence-electron chi connectivity index (χ0n) is 15.3. The maximum Gasteiger partial charge on any atom is 0.262 e. The lowest BCUT2D eigenvalue weighted by molar-refractivity contribution is 0.0391. The molecule has 4 rings (SSSR count). The van der Waals surface area contributed by atoms with Crippen molar-refractivity contribution >= 4 is 67.1 Å². The number of thiazole rings is 1. The average molecular weight is 456 g/mol. The van der Waals surface area contributed by atoms with Gasteiger partial charge in [0.25, 0.3) is 5.91 Å². The number of thiophene rings is 1. The first-order valence-electron chi connectivity index (χ1n) is 8.96. The minimum absolute atomic E-state index is 0.168. The smallest absolute Gasteiger partial charge is 0.262 e. The van der Waals surface area contributed by atoms with Crippen molar-refractivity contribution in [1.29, 1.82) is 0 Å². The summed E-state index contributed by atoms with van der Waals surface area (Å²) in [5.74, 6) is -0.168. The van der Waals surface area contributed by atoms with Crippen LogP contribution >= 0.6 is 45.9 Å². The number of ether oxygens (including phenoxy) is 1. The Bertz CT molecular complexity index is 998. The van der Waals surface area contributed by atoms with Gasteiger partial charge < -0.3 is 4.74 Å². The fraction of sp³-hybridized carbons (Fsp3) is 0.368. The minimum atomic E-state index is -0.168. The molecule has 5 nitrogen and oxygen atoms in total. The fourth-order valence-electron chi connectivity index (χ4n) is 3.17. The third-order valence-corrected chi connectivity index (χ3v) is 7.25. The van der Waals surface area contributed by atoms with E-state index in [2.05, 4.69) is 4.90 Å². The zero-order valence-corrected chi connectivity index (χ0v) is 18.4. The summed E-state index contributed by atoms with van der Waals surface area (Å²) in [5.41, 5.74) is 2.45. The van der Waals surface area contributed by atoms with E-state index in [9.17, 15) is 4.79 Å². The van der Waals surface area contributed by atoms with Crippen LogP contribution in [0.2, 0.25) is 8.67 Å². The van der Waals surface area contributed by atoms with Crippen LogP contribution in [-0.4, -0.2) is 55.2 Å². The summed E-state index contributed by atoms with van der Waals surface area (Å²) in [7, 11) is 0. The second-order valence-corrected chi connectivity index (χ2v) is 9.86. The van der Waals surface area contributed by atoms with Gasteiger partial charge in [-0.1, -0.05) is 46.7 Å². The standard InChI is InChI=1S/C19H19Cl2N3O2S2/c1-12-3-2-4-14-16(12)22-19(27-14)24(6-5-23-7-9-26-10-8-23)18(25)13-11-15(20)28-17(13)21/h2-4,11H,5-10H2,1H3. The van der Waals surface area contributed by atoms with E-state index in [1.165, 1.54) is 22.7 Å². The highest BCUT2D eigenvalue weighted by Crippen LogP contribution is 2.35. The first-order chi connectivity index (χ1) is 13.5. The van der Waals surface area contributed by atoms with Crippen molar-refractivity contribution < 1.29 is 9.53 Å². The minimum Gasteiger partial charge on any atom is -0.379 e. The highest BCUT2D eigenvalue weighted by molar-refractivity contribution is 7.22. The van der Waals surface area contributed by atoms with Crippen LogP contribution in [0, 0.1) is 6.92 Å². The van der Waals surface area contributed by atoms with E-state index in [0.717, 1.165) is 48.6 Å². The van der Waals surface area contributed by atoms with Crippen LogP contribution in [0.1, 0.15) is 15.9 Å². The monoisotopic (exact) mass is 455 g/mol. The lowest BCUT2D eigenvalue weighted by Crippen LogP contribution is -2.43. The van der Waals surface area contributed by atoms with Gasteiger partial charge >= 0.3 is 0 Å². The summed E-state index contributed by atoms with van der Waals surface area (Å²) in [6.45, 7) is 6.49. The molecule has 148 valence electrons. The van der Waals surface area contributed by atoms with Crippen LogP contribution in [0.15, 0.2) is 24.3 Å². The SMILES string of the molecule is Cc1cccc2sc(N(CCN3CCOCC3)C(=O)c3cc(Cl)sc3Cl)nc12. The summed E-state index contributed by atoms with van der Waals surface area (Å²) >= 11 is 15.1. The molecule has 3 heterocycles. The molecule has 0 spiro atoms. The Labute approximate surface area is 181 Å². The summed E-state index contributed by atoms with van der Waals surface area (Å²) in [5, 5.41) is 0.681. The lowest BCUT2D eigenvalue weighted by Gasteiger charge is -2.29. The summed E-state index contributed by atoms with van der Waals surface area (Å²) in [4.78, 5) is 22.1. The Morgan fingerprint density at radius 1 is 1.29 bits per heavy atom.